The van der Waals surface area contributed by atoms with Gasteiger partial charge >= 0.3 is 0 Å². The number of aromatic nitrogens is 3. The number of nitrogens with one attached hydrogen (secondary N) is 1. The van der Waals surface area contributed by atoms with Crippen LogP contribution in [-0.4, -0.2) is 23.2 Å². The van der Waals surface area contributed by atoms with Crippen LogP contribution in [0.3, 0.4) is 0 Å². The summed E-state index contributed by atoms with van der Waals surface area (Å²) in [6.07, 6.45) is 1.51. The van der Waals surface area contributed by atoms with Gasteiger partial charge in [-0.15, -0.1) is 10.2 Å². The van der Waals surface area contributed by atoms with Crippen LogP contribution in [0.1, 0.15) is 12.7 Å². The van der Waals surface area contributed by atoms with Crippen molar-refractivity contribution < 1.29 is 12.8 Å². The van der Waals surface area contributed by atoms with Gasteiger partial charge in [0.1, 0.15) is 22.9 Å². The zero-order valence-corrected chi connectivity index (χ0v) is 12.1. The summed E-state index contributed by atoms with van der Waals surface area (Å²) in [5.74, 6) is -0.117. The number of hydrogen-bond donors (Lipinski definition) is 1. The molecule has 9 heteroatoms. The standard InChI is InChI=1S/C11H12ClFN4O2S/c1-2-17-7-14-16-11(17)6-15-20(18,19)10-4-3-8(13)5-9(10)12/h3-5,7,15H,2,6H2,1H3. The molecule has 108 valence electrons. The van der Waals surface area contributed by atoms with Gasteiger partial charge in [-0.1, -0.05) is 11.6 Å². The Hall–Kier alpha value is -1.51. The Morgan fingerprint density at radius 2 is 2.20 bits per heavy atom. The van der Waals surface area contributed by atoms with Crippen molar-refractivity contribution in [1.29, 1.82) is 0 Å². The Kier molecular flexibility index (Phi) is 4.36. The van der Waals surface area contributed by atoms with Gasteiger partial charge in [0.05, 0.1) is 11.6 Å². The van der Waals surface area contributed by atoms with Gasteiger partial charge in [-0.3, -0.25) is 0 Å². The summed E-state index contributed by atoms with van der Waals surface area (Å²) in [6.45, 7) is 2.49. The fraction of sp³-hybridized carbons (Fsp3) is 0.273. The molecule has 1 N–H and O–H groups in total. The van der Waals surface area contributed by atoms with Crippen LogP contribution in [0.15, 0.2) is 29.4 Å². The second-order valence-corrected chi connectivity index (χ2v) is 6.08. The van der Waals surface area contributed by atoms with E-state index in [0.29, 0.717) is 12.4 Å². The summed E-state index contributed by atoms with van der Waals surface area (Å²) in [4.78, 5) is -0.178. The molecule has 0 aliphatic rings. The second-order valence-electron chi connectivity index (χ2n) is 3.93. The highest BCUT2D eigenvalue weighted by molar-refractivity contribution is 7.89. The lowest BCUT2D eigenvalue weighted by Gasteiger charge is -2.08. The van der Waals surface area contributed by atoms with Crippen LogP contribution >= 0.6 is 11.6 Å². The summed E-state index contributed by atoms with van der Waals surface area (Å²) in [7, 11) is -3.84. The Bertz CT molecular complexity index is 717. The van der Waals surface area contributed by atoms with Gasteiger partial charge in [0.25, 0.3) is 0 Å². The first kappa shape index (κ1) is 14.9. The minimum atomic E-state index is -3.84. The molecule has 0 spiro atoms. The van der Waals surface area contributed by atoms with E-state index < -0.39 is 15.8 Å². The molecule has 0 aliphatic carbocycles. The number of hydrogen-bond acceptors (Lipinski definition) is 4. The number of rotatable bonds is 5. The normalized spacial score (nSPS) is 11.8. The molecule has 2 aromatic rings. The third kappa shape index (κ3) is 3.14. The number of nitrogens with zero attached hydrogens (tertiary/aromatic N) is 3. The average Bonchev–Trinajstić information content (AvgIpc) is 2.83. The van der Waals surface area contributed by atoms with Crippen LogP contribution in [0.4, 0.5) is 4.39 Å². The lowest BCUT2D eigenvalue weighted by molar-refractivity contribution is 0.574. The smallest absolute Gasteiger partial charge is 0.242 e. The van der Waals surface area contributed by atoms with Crippen LogP contribution in [-0.2, 0) is 23.1 Å². The molecule has 0 unspecified atom stereocenters. The van der Waals surface area contributed by atoms with Crippen LogP contribution in [0, 0.1) is 5.82 Å². The van der Waals surface area contributed by atoms with Gasteiger partial charge in [-0.2, -0.15) is 0 Å². The SMILES string of the molecule is CCn1cnnc1CNS(=O)(=O)c1ccc(F)cc1Cl. The van der Waals surface area contributed by atoms with Crippen molar-refractivity contribution in [1.82, 2.24) is 19.5 Å². The van der Waals surface area contributed by atoms with E-state index in [0.717, 1.165) is 18.2 Å². The molecule has 0 saturated carbocycles. The third-order valence-corrected chi connectivity index (χ3v) is 4.52. The molecular formula is C11H12ClFN4O2S. The Morgan fingerprint density at radius 3 is 2.85 bits per heavy atom. The van der Waals surface area contributed by atoms with E-state index >= 15 is 0 Å². The molecule has 0 fully saturated rings. The van der Waals surface area contributed by atoms with Crippen molar-refractivity contribution in [2.24, 2.45) is 0 Å². The zero-order valence-electron chi connectivity index (χ0n) is 10.5. The van der Waals surface area contributed by atoms with Crippen molar-refractivity contribution in [3.05, 3.63) is 41.2 Å². The van der Waals surface area contributed by atoms with Gasteiger partial charge < -0.3 is 4.57 Å². The molecule has 0 amide bonds. The van der Waals surface area contributed by atoms with E-state index in [1.165, 1.54) is 6.33 Å². The highest BCUT2D eigenvalue weighted by Crippen LogP contribution is 2.22. The minimum Gasteiger partial charge on any atom is -0.317 e. The predicted molar refractivity (Wildman–Crippen MR) is 71.1 cm³/mol. The minimum absolute atomic E-state index is 0.0239. The third-order valence-electron chi connectivity index (χ3n) is 2.64. The highest BCUT2D eigenvalue weighted by Gasteiger charge is 2.19. The van der Waals surface area contributed by atoms with Crippen LogP contribution in [0.25, 0.3) is 0 Å². The second kappa shape index (κ2) is 5.86. The van der Waals surface area contributed by atoms with Crippen molar-refractivity contribution >= 4 is 21.6 Å². The van der Waals surface area contributed by atoms with E-state index in [4.69, 9.17) is 11.6 Å². The summed E-state index contributed by atoms with van der Waals surface area (Å²) in [5, 5.41) is 7.34. The van der Waals surface area contributed by atoms with E-state index in [2.05, 4.69) is 14.9 Å². The van der Waals surface area contributed by atoms with Gasteiger partial charge in [0, 0.05) is 6.54 Å². The molecule has 0 saturated heterocycles. The molecule has 0 radical (unpaired) electrons. The fourth-order valence-corrected chi connectivity index (χ4v) is 3.12. The van der Waals surface area contributed by atoms with E-state index in [9.17, 15) is 12.8 Å². The Morgan fingerprint density at radius 1 is 1.45 bits per heavy atom. The van der Waals surface area contributed by atoms with E-state index in [-0.39, 0.29) is 16.5 Å². The maximum Gasteiger partial charge on any atom is 0.242 e. The van der Waals surface area contributed by atoms with Gasteiger partial charge in [-0.05, 0) is 25.1 Å². The molecule has 6 nitrogen and oxygen atoms in total. The number of halogens is 2. The Balaban J connectivity index is 2.19. The summed E-state index contributed by atoms with van der Waals surface area (Å²) < 4.78 is 41.1. The summed E-state index contributed by atoms with van der Waals surface area (Å²) >= 11 is 5.74. The Labute approximate surface area is 120 Å². The van der Waals surface area contributed by atoms with Crippen molar-refractivity contribution in [2.45, 2.75) is 24.9 Å². The first-order chi connectivity index (χ1) is 9.44. The van der Waals surface area contributed by atoms with Crippen molar-refractivity contribution in [2.75, 3.05) is 0 Å². The van der Waals surface area contributed by atoms with Crippen molar-refractivity contribution in [3.63, 3.8) is 0 Å². The van der Waals surface area contributed by atoms with Crippen LogP contribution in [0.2, 0.25) is 5.02 Å². The van der Waals surface area contributed by atoms with E-state index in [1.807, 2.05) is 6.92 Å². The monoisotopic (exact) mass is 318 g/mol. The number of sulfonamides is 1. The van der Waals surface area contributed by atoms with Gasteiger partial charge in [-0.25, -0.2) is 17.5 Å². The molecule has 0 atom stereocenters. The van der Waals surface area contributed by atoms with E-state index in [1.54, 1.807) is 4.57 Å². The quantitative estimate of drug-likeness (QED) is 0.907. The summed E-state index contributed by atoms with van der Waals surface area (Å²) in [6, 6.07) is 3.10. The summed E-state index contributed by atoms with van der Waals surface area (Å²) in [5.41, 5.74) is 0. The molecule has 1 aromatic heterocycles. The molecule has 2 rings (SSSR count). The fourth-order valence-electron chi connectivity index (χ4n) is 1.61. The molecule has 0 bridgehead atoms. The molecule has 20 heavy (non-hydrogen) atoms. The highest BCUT2D eigenvalue weighted by atomic mass is 35.5. The lowest BCUT2D eigenvalue weighted by atomic mass is 10.3. The molecule has 1 aromatic carbocycles. The maximum absolute atomic E-state index is 12.9. The molecular weight excluding hydrogens is 307 g/mol. The van der Waals surface area contributed by atoms with Crippen LogP contribution in [0.5, 0.6) is 0 Å². The topological polar surface area (TPSA) is 76.9 Å². The zero-order chi connectivity index (χ0) is 14.8. The maximum atomic E-state index is 12.9. The van der Waals surface area contributed by atoms with Gasteiger partial charge in [0.15, 0.2) is 0 Å². The first-order valence-electron chi connectivity index (χ1n) is 5.75. The number of aryl methyl sites for hydroxylation is 1. The molecule has 0 aliphatic heterocycles. The largest absolute Gasteiger partial charge is 0.317 e. The molecule has 1 heterocycles. The van der Waals surface area contributed by atoms with Crippen molar-refractivity contribution in [3.8, 4) is 0 Å². The lowest BCUT2D eigenvalue weighted by Crippen LogP contribution is -2.25. The average molecular weight is 319 g/mol. The predicted octanol–water partition coefficient (Wildman–Crippen LogP) is 1.57. The first-order valence-corrected chi connectivity index (χ1v) is 7.61. The van der Waals surface area contributed by atoms with Gasteiger partial charge in [0.2, 0.25) is 10.0 Å². The number of benzene rings is 1. The van der Waals surface area contributed by atoms with Crippen LogP contribution < -0.4 is 4.72 Å².